The smallest absolute Gasteiger partial charge is 0.338 e. The van der Waals surface area contributed by atoms with Crippen molar-refractivity contribution in [3.63, 3.8) is 0 Å². The molecule has 2 heterocycles. The summed E-state index contributed by atoms with van der Waals surface area (Å²) in [7, 11) is 0. The van der Waals surface area contributed by atoms with E-state index in [2.05, 4.69) is 4.99 Å². The number of benzene rings is 3. The Morgan fingerprint density at radius 1 is 0.955 bits per heavy atom. The second kappa shape index (κ2) is 13.6. The van der Waals surface area contributed by atoms with Gasteiger partial charge in [0.15, 0.2) is 16.3 Å². The fourth-order valence-electron chi connectivity index (χ4n) is 4.87. The topological polar surface area (TPSA) is 79.1 Å². The van der Waals surface area contributed by atoms with Gasteiger partial charge in [0.2, 0.25) is 0 Å². The molecule has 11 heteroatoms. The Morgan fingerprint density at radius 2 is 1.70 bits per heavy atom. The van der Waals surface area contributed by atoms with Crippen LogP contribution in [0.2, 0.25) is 15.1 Å². The number of halogens is 3. The van der Waals surface area contributed by atoms with Crippen LogP contribution in [0.25, 0.3) is 6.08 Å². The highest BCUT2D eigenvalue weighted by atomic mass is 35.5. The third-order valence-electron chi connectivity index (χ3n) is 6.91. The minimum atomic E-state index is -0.687. The Balaban J connectivity index is 1.57. The molecular formula is C33H29Cl3N2O5S. The van der Waals surface area contributed by atoms with E-state index in [1.165, 1.54) is 11.3 Å². The van der Waals surface area contributed by atoms with Gasteiger partial charge in [-0.25, -0.2) is 9.79 Å². The molecule has 1 aromatic heterocycles. The molecule has 0 spiro atoms. The third-order valence-corrected chi connectivity index (χ3v) is 8.91. The van der Waals surface area contributed by atoms with Crippen LogP contribution in [0.4, 0.5) is 0 Å². The van der Waals surface area contributed by atoms with E-state index >= 15 is 0 Å². The van der Waals surface area contributed by atoms with Crippen molar-refractivity contribution in [2.24, 2.45) is 4.99 Å². The Kier molecular flexibility index (Phi) is 9.85. The standard InChI is InChI=1S/C33H29Cl3N2O5S/c1-5-41-26-15-21(14-25(36)30(26)43-17-20-9-12-23(34)24(35)13-20)16-27-31(39)38-29(22-10-7-18(3)8-11-22)28(32(40)42-6-2)19(4)37-33(38)44-27/h7-16,29H,5-6,17H2,1-4H3/b27-16+/t29-/m1/s1. The van der Waals surface area contributed by atoms with Gasteiger partial charge in [0, 0.05) is 0 Å². The van der Waals surface area contributed by atoms with Crippen LogP contribution >= 0.6 is 46.1 Å². The molecule has 7 nitrogen and oxygen atoms in total. The van der Waals surface area contributed by atoms with E-state index in [0.717, 1.165) is 16.7 Å². The van der Waals surface area contributed by atoms with Crippen molar-refractivity contribution in [1.82, 2.24) is 4.57 Å². The molecule has 0 bridgehead atoms. The first-order valence-electron chi connectivity index (χ1n) is 13.9. The fraction of sp³-hybridized carbons (Fsp3) is 0.242. The number of carbonyl (C=O) groups excluding carboxylic acids is 1. The number of rotatable bonds is 9. The molecule has 0 aliphatic carbocycles. The van der Waals surface area contributed by atoms with Crippen LogP contribution in [0, 0.1) is 6.92 Å². The number of aromatic nitrogens is 1. The van der Waals surface area contributed by atoms with Crippen LogP contribution in [0.15, 0.2) is 75.7 Å². The number of thiazole rings is 1. The summed E-state index contributed by atoms with van der Waals surface area (Å²) in [5.74, 6) is 0.294. The summed E-state index contributed by atoms with van der Waals surface area (Å²) in [5, 5.41) is 1.19. The van der Waals surface area contributed by atoms with E-state index in [0.29, 0.717) is 59.3 Å². The van der Waals surface area contributed by atoms with Crippen LogP contribution in [-0.4, -0.2) is 23.8 Å². The molecule has 0 N–H and O–H groups in total. The largest absolute Gasteiger partial charge is 0.490 e. The summed E-state index contributed by atoms with van der Waals surface area (Å²) in [6.07, 6.45) is 1.73. The van der Waals surface area contributed by atoms with Gasteiger partial charge >= 0.3 is 5.97 Å². The van der Waals surface area contributed by atoms with Gasteiger partial charge < -0.3 is 14.2 Å². The maximum absolute atomic E-state index is 14.0. The molecule has 0 amide bonds. The quantitative estimate of drug-likeness (QED) is 0.178. The number of fused-ring (bicyclic) bond motifs is 1. The SMILES string of the molecule is CCOC(=O)C1=C(C)N=c2s/c(=C/c3cc(Cl)c(OCc4ccc(Cl)c(Cl)c4)c(OCC)c3)c(=O)n2[C@@H]1c1ccc(C)cc1. The molecule has 1 aliphatic rings. The zero-order chi connectivity index (χ0) is 31.5. The summed E-state index contributed by atoms with van der Waals surface area (Å²) in [6, 6.07) is 15.8. The average molecular weight is 672 g/mol. The lowest BCUT2D eigenvalue weighted by molar-refractivity contribution is -0.139. The lowest BCUT2D eigenvalue weighted by atomic mass is 9.95. The van der Waals surface area contributed by atoms with Crippen molar-refractivity contribution in [3.05, 3.63) is 123 Å². The highest BCUT2D eigenvalue weighted by molar-refractivity contribution is 7.07. The van der Waals surface area contributed by atoms with Crippen LogP contribution in [0.3, 0.4) is 0 Å². The molecule has 228 valence electrons. The molecule has 4 aromatic rings. The molecule has 1 atom stereocenters. The molecular weight excluding hydrogens is 643 g/mol. The Hall–Kier alpha value is -3.56. The highest BCUT2D eigenvalue weighted by Gasteiger charge is 2.33. The second-order valence-electron chi connectivity index (χ2n) is 10.0. The summed E-state index contributed by atoms with van der Waals surface area (Å²) >= 11 is 20.1. The highest BCUT2D eigenvalue weighted by Crippen LogP contribution is 2.38. The van der Waals surface area contributed by atoms with Crippen LogP contribution in [-0.2, 0) is 16.1 Å². The Morgan fingerprint density at radius 3 is 2.39 bits per heavy atom. The monoisotopic (exact) mass is 670 g/mol. The Labute approximate surface area is 273 Å². The van der Waals surface area contributed by atoms with Crippen LogP contribution < -0.4 is 24.4 Å². The van der Waals surface area contributed by atoms with Gasteiger partial charge in [-0.05, 0) is 74.7 Å². The first-order chi connectivity index (χ1) is 21.1. The number of ether oxygens (including phenoxy) is 3. The van der Waals surface area contributed by atoms with Gasteiger partial charge in [-0.15, -0.1) is 0 Å². The van der Waals surface area contributed by atoms with Crippen molar-refractivity contribution in [1.29, 1.82) is 0 Å². The van der Waals surface area contributed by atoms with Gasteiger partial charge in [-0.2, -0.15) is 0 Å². The molecule has 0 fully saturated rings. The average Bonchev–Trinajstić information content (AvgIpc) is 3.28. The van der Waals surface area contributed by atoms with E-state index in [-0.39, 0.29) is 18.8 Å². The van der Waals surface area contributed by atoms with Crippen molar-refractivity contribution < 1.29 is 19.0 Å². The maximum atomic E-state index is 14.0. The number of carbonyl (C=O) groups is 1. The van der Waals surface area contributed by atoms with E-state index in [1.54, 1.807) is 48.8 Å². The minimum Gasteiger partial charge on any atom is -0.490 e. The maximum Gasteiger partial charge on any atom is 0.338 e. The van der Waals surface area contributed by atoms with E-state index < -0.39 is 12.0 Å². The van der Waals surface area contributed by atoms with E-state index in [4.69, 9.17) is 49.0 Å². The van der Waals surface area contributed by atoms with Crippen molar-refractivity contribution >= 4 is 58.2 Å². The first-order valence-corrected chi connectivity index (χ1v) is 15.9. The fourth-order valence-corrected chi connectivity index (χ4v) is 6.51. The van der Waals surface area contributed by atoms with Crippen molar-refractivity contribution in [3.8, 4) is 11.5 Å². The van der Waals surface area contributed by atoms with Gasteiger partial charge in [0.1, 0.15) is 6.61 Å². The summed E-state index contributed by atoms with van der Waals surface area (Å²) in [5.41, 5.74) is 3.84. The number of aryl methyl sites for hydroxylation is 1. The van der Waals surface area contributed by atoms with Gasteiger partial charge in [0.05, 0.1) is 50.1 Å². The zero-order valence-corrected chi connectivity index (χ0v) is 27.5. The predicted octanol–water partition coefficient (Wildman–Crippen LogP) is 7.04. The first kappa shape index (κ1) is 31.9. The molecule has 0 saturated carbocycles. The normalized spacial score (nSPS) is 14.7. The third kappa shape index (κ3) is 6.59. The van der Waals surface area contributed by atoms with Gasteiger partial charge in [-0.3, -0.25) is 9.36 Å². The molecule has 0 radical (unpaired) electrons. The van der Waals surface area contributed by atoms with Gasteiger partial charge in [-0.1, -0.05) is 82.0 Å². The molecule has 5 rings (SSSR count). The lowest BCUT2D eigenvalue weighted by Crippen LogP contribution is -2.39. The molecule has 44 heavy (non-hydrogen) atoms. The predicted molar refractivity (Wildman–Crippen MR) is 175 cm³/mol. The van der Waals surface area contributed by atoms with E-state index in [1.807, 2.05) is 44.2 Å². The zero-order valence-electron chi connectivity index (χ0n) is 24.4. The number of hydrogen-bond acceptors (Lipinski definition) is 7. The molecule has 1 aliphatic heterocycles. The van der Waals surface area contributed by atoms with E-state index in [9.17, 15) is 9.59 Å². The number of hydrogen-bond donors (Lipinski definition) is 0. The summed E-state index contributed by atoms with van der Waals surface area (Å²) in [4.78, 5) is 32.2. The number of nitrogens with zero attached hydrogens (tertiary/aromatic N) is 2. The summed E-state index contributed by atoms with van der Waals surface area (Å²) in [6.45, 7) is 8.11. The van der Waals surface area contributed by atoms with Gasteiger partial charge in [0.25, 0.3) is 5.56 Å². The number of allylic oxidation sites excluding steroid dienone is 1. The van der Waals surface area contributed by atoms with Crippen molar-refractivity contribution in [2.75, 3.05) is 13.2 Å². The Bertz CT molecular complexity index is 1950. The molecule has 0 unspecified atom stereocenters. The second-order valence-corrected chi connectivity index (χ2v) is 12.2. The van der Waals surface area contributed by atoms with Crippen LogP contribution in [0.5, 0.6) is 11.5 Å². The molecule has 0 saturated heterocycles. The minimum absolute atomic E-state index is 0.190. The lowest BCUT2D eigenvalue weighted by Gasteiger charge is -2.24. The van der Waals surface area contributed by atoms with Crippen molar-refractivity contribution in [2.45, 2.75) is 40.3 Å². The molecule has 3 aromatic carbocycles. The number of esters is 1. The van der Waals surface area contributed by atoms with Crippen LogP contribution in [0.1, 0.15) is 49.1 Å². The summed E-state index contributed by atoms with van der Waals surface area (Å²) < 4.78 is 19.3.